The summed E-state index contributed by atoms with van der Waals surface area (Å²) in [5.74, 6) is 1.92. The average Bonchev–Trinajstić information content (AvgIpc) is 2.74. The SMILES string of the molecule is CCCCCCCCCCCCCCCCC(C)CCCCC(C)CCCCCC. The molecule has 0 rings (SSSR count). The van der Waals surface area contributed by atoms with Crippen LogP contribution < -0.4 is 0 Å². The zero-order valence-electron chi connectivity index (χ0n) is 22.1. The van der Waals surface area contributed by atoms with Crippen molar-refractivity contribution in [1.82, 2.24) is 0 Å². The Morgan fingerprint density at radius 3 is 0.800 bits per heavy atom. The van der Waals surface area contributed by atoms with Crippen LogP contribution in [0.3, 0.4) is 0 Å². The minimum atomic E-state index is 0.960. The molecule has 0 heteroatoms. The highest BCUT2D eigenvalue weighted by atomic mass is 14.1. The summed E-state index contributed by atoms with van der Waals surface area (Å²) in [5, 5.41) is 0. The van der Waals surface area contributed by atoms with Gasteiger partial charge >= 0.3 is 0 Å². The quantitative estimate of drug-likeness (QED) is 0.128. The van der Waals surface area contributed by atoms with Crippen LogP contribution >= 0.6 is 0 Å². The predicted molar refractivity (Wildman–Crippen MR) is 140 cm³/mol. The molecule has 0 amide bonds. The normalized spacial score (nSPS) is 13.6. The van der Waals surface area contributed by atoms with Gasteiger partial charge in [-0.25, -0.2) is 0 Å². The van der Waals surface area contributed by atoms with Gasteiger partial charge in [-0.2, -0.15) is 0 Å². The Morgan fingerprint density at radius 1 is 0.300 bits per heavy atom. The van der Waals surface area contributed by atoms with Crippen molar-refractivity contribution in [3.8, 4) is 0 Å². The second-order valence-corrected chi connectivity index (χ2v) is 10.7. The van der Waals surface area contributed by atoms with Crippen molar-refractivity contribution in [3.05, 3.63) is 0 Å². The van der Waals surface area contributed by atoms with Crippen molar-refractivity contribution in [2.75, 3.05) is 0 Å². The third-order valence-electron chi connectivity index (χ3n) is 7.24. The van der Waals surface area contributed by atoms with Gasteiger partial charge in [-0.15, -0.1) is 0 Å². The van der Waals surface area contributed by atoms with Crippen molar-refractivity contribution in [3.63, 3.8) is 0 Å². The molecule has 0 aliphatic rings. The molecule has 2 atom stereocenters. The van der Waals surface area contributed by atoms with E-state index < -0.39 is 0 Å². The lowest BCUT2D eigenvalue weighted by molar-refractivity contribution is 0.401. The van der Waals surface area contributed by atoms with Gasteiger partial charge in [0.05, 0.1) is 0 Å². The first-order chi connectivity index (χ1) is 14.7. The number of unbranched alkanes of at least 4 members (excludes halogenated alkanes) is 17. The first-order valence-electron chi connectivity index (χ1n) is 14.7. The van der Waals surface area contributed by atoms with E-state index in [2.05, 4.69) is 27.7 Å². The van der Waals surface area contributed by atoms with Crippen molar-refractivity contribution in [1.29, 1.82) is 0 Å². The van der Waals surface area contributed by atoms with E-state index in [1.807, 2.05) is 0 Å². The fourth-order valence-corrected chi connectivity index (χ4v) is 4.88. The maximum absolute atomic E-state index is 2.50. The third-order valence-corrected chi connectivity index (χ3v) is 7.24. The molecule has 2 unspecified atom stereocenters. The summed E-state index contributed by atoms with van der Waals surface area (Å²) in [6.07, 6.45) is 35.2. The smallest absolute Gasteiger partial charge is 0.0443 e. The molecule has 0 saturated heterocycles. The maximum Gasteiger partial charge on any atom is -0.0443 e. The molecule has 0 heterocycles. The van der Waals surface area contributed by atoms with E-state index in [0.717, 1.165) is 11.8 Å². The molecule has 0 aliphatic carbocycles. The Morgan fingerprint density at radius 2 is 0.500 bits per heavy atom. The Labute approximate surface area is 193 Å². The van der Waals surface area contributed by atoms with Crippen LogP contribution in [-0.2, 0) is 0 Å². The first kappa shape index (κ1) is 30.0. The van der Waals surface area contributed by atoms with E-state index in [9.17, 15) is 0 Å². The lowest BCUT2D eigenvalue weighted by Crippen LogP contribution is -1.98. The highest BCUT2D eigenvalue weighted by molar-refractivity contribution is 4.59. The first-order valence-corrected chi connectivity index (χ1v) is 14.7. The second kappa shape index (κ2) is 25.3. The van der Waals surface area contributed by atoms with Gasteiger partial charge in [0, 0.05) is 0 Å². The summed E-state index contributed by atoms with van der Waals surface area (Å²) in [4.78, 5) is 0. The lowest BCUT2D eigenvalue weighted by Gasteiger charge is -2.13. The Kier molecular flexibility index (Phi) is 25.3. The average molecular weight is 423 g/mol. The third kappa shape index (κ3) is 24.3. The zero-order chi connectivity index (χ0) is 22.1. The zero-order valence-corrected chi connectivity index (χ0v) is 22.1. The van der Waals surface area contributed by atoms with E-state index in [4.69, 9.17) is 0 Å². The van der Waals surface area contributed by atoms with Crippen LogP contribution in [0.4, 0.5) is 0 Å². The van der Waals surface area contributed by atoms with Crippen LogP contribution in [-0.4, -0.2) is 0 Å². The van der Waals surface area contributed by atoms with Crippen LogP contribution in [0.1, 0.15) is 182 Å². The van der Waals surface area contributed by atoms with Crippen LogP contribution in [0.25, 0.3) is 0 Å². The van der Waals surface area contributed by atoms with Crippen LogP contribution in [0.2, 0.25) is 0 Å². The summed E-state index contributed by atoms with van der Waals surface area (Å²) in [6, 6.07) is 0. The molecule has 0 aliphatic heterocycles. The molecular weight excluding hydrogens is 360 g/mol. The standard InChI is InChI=1S/C30H62/c1-5-7-9-11-12-13-14-15-16-17-18-19-20-22-26-30(4)28-24-23-27-29(3)25-21-10-8-6-2/h29-30H,5-28H2,1-4H3. The van der Waals surface area contributed by atoms with Gasteiger partial charge in [-0.1, -0.05) is 182 Å². The molecular formula is C30H62. The topological polar surface area (TPSA) is 0 Å². The minimum Gasteiger partial charge on any atom is -0.0654 e. The Bertz CT molecular complexity index is 294. The molecule has 0 radical (unpaired) electrons. The molecule has 0 aromatic rings. The second-order valence-electron chi connectivity index (χ2n) is 10.7. The number of hydrogen-bond acceptors (Lipinski definition) is 0. The molecule has 0 nitrogen and oxygen atoms in total. The van der Waals surface area contributed by atoms with E-state index in [1.54, 1.807) is 0 Å². The minimum absolute atomic E-state index is 0.960. The van der Waals surface area contributed by atoms with Gasteiger partial charge in [0.25, 0.3) is 0 Å². The van der Waals surface area contributed by atoms with E-state index in [1.165, 1.54) is 154 Å². The molecule has 0 aromatic carbocycles. The highest BCUT2D eigenvalue weighted by Crippen LogP contribution is 2.21. The largest absolute Gasteiger partial charge is 0.0654 e. The molecule has 0 aromatic heterocycles. The fraction of sp³-hybridized carbons (Fsp3) is 1.00. The molecule has 0 bridgehead atoms. The lowest BCUT2D eigenvalue weighted by atomic mass is 9.93. The van der Waals surface area contributed by atoms with Gasteiger partial charge in [0.15, 0.2) is 0 Å². The van der Waals surface area contributed by atoms with Gasteiger partial charge in [0.1, 0.15) is 0 Å². The monoisotopic (exact) mass is 422 g/mol. The summed E-state index contributed by atoms with van der Waals surface area (Å²) in [6.45, 7) is 9.59. The van der Waals surface area contributed by atoms with E-state index in [-0.39, 0.29) is 0 Å². The summed E-state index contributed by atoms with van der Waals surface area (Å²) in [5.41, 5.74) is 0. The van der Waals surface area contributed by atoms with Crippen molar-refractivity contribution in [2.24, 2.45) is 11.8 Å². The maximum atomic E-state index is 2.50. The molecule has 0 saturated carbocycles. The predicted octanol–water partition coefficient (Wildman–Crippen LogP) is 11.7. The molecule has 182 valence electrons. The molecule has 30 heavy (non-hydrogen) atoms. The van der Waals surface area contributed by atoms with E-state index in [0.29, 0.717) is 0 Å². The number of rotatable bonds is 25. The van der Waals surface area contributed by atoms with Gasteiger partial charge < -0.3 is 0 Å². The van der Waals surface area contributed by atoms with Gasteiger partial charge in [-0.3, -0.25) is 0 Å². The number of hydrogen-bond donors (Lipinski definition) is 0. The highest BCUT2D eigenvalue weighted by Gasteiger charge is 2.05. The van der Waals surface area contributed by atoms with Crippen molar-refractivity contribution < 1.29 is 0 Å². The summed E-state index contributed by atoms with van der Waals surface area (Å²) >= 11 is 0. The van der Waals surface area contributed by atoms with Crippen LogP contribution in [0.5, 0.6) is 0 Å². The van der Waals surface area contributed by atoms with Crippen LogP contribution in [0, 0.1) is 11.8 Å². The molecule has 0 N–H and O–H groups in total. The molecule has 0 spiro atoms. The summed E-state index contributed by atoms with van der Waals surface area (Å²) in [7, 11) is 0. The van der Waals surface area contributed by atoms with Gasteiger partial charge in [-0.05, 0) is 11.8 Å². The fourth-order valence-electron chi connectivity index (χ4n) is 4.88. The van der Waals surface area contributed by atoms with Gasteiger partial charge in [0.2, 0.25) is 0 Å². The van der Waals surface area contributed by atoms with Crippen molar-refractivity contribution >= 4 is 0 Å². The Hall–Kier alpha value is 0. The van der Waals surface area contributed by atoms with Crippen molar-refractivity contribution in [2.45, 2.75) is 182 Å². The van der Waals surface area contributed by atoms with Crippen LogP contribution in [0.15, 0.2) is 0 Å². The van der Waals surface area contributed by atoms with E-state index >= 15 is 0 Å². The molecule has 0 fully saturated rings. The summed E-state index contributed by atoms with van der Waals surface area (Å²) < 4.78 is 0. The Balaban J connectivity index is 3.22.